The van der Waals surface area contributed by atoms with Crippen molar-refractivity contribution >= 4 is 26.7 Å². The van der Waals surface area contributed by atoms with Gasteiger partial charge in [-0.05, 0) is 37.9 Å². The van der Waals surface area contributed by atoms with E-state index in [0.717, 1.165) is 36.2 Å². The first-order valence-electron chi connectivity index (χ1n) is 6.25. The summed E-state index contributed by atoms with van der Waals surface area (Å²) >= 11 is 1.73. The molecule has 0 unspecified atom stereocenters. The number of benzene rings is 1. The molecule has 0 bridgehead atoms. The molecule has 17 heavy (non-hydrogen) atoms. The van der Waals surface area contributed by atoms with E-state index in [1.54, 1.807) is 11.3 Å². The molecule has 2 N–H and O–H groups in total. The minimum absolute atomic E-state index is 0.817. The van der Waals surface area contributed by atoms with Gasteiger partial charge in [0.15, 0.2) is 5.13 Å². The maximum absolute atomic E-state index is 4.54. The number of fused-ring (bicyclic) bond motifs is 1. The second-order valence-electron chi connectivity index (χ2n) is 4.50. The van der Waals surface area contributed by atoms with Crippen LogP contribution in [0.1, 0.15) is 19.3 Å². The van der Waals surface area contributed by atoms with Gasteiger partial charge in [-0.25, -0.2) is 4.98 Å². The van der Waals surface area contributed by atoms with Crippen molar-refractivity contribution < 1.29 is 0 Å². The van der Waals surface area contributed by atoms with Crippen LogP contribution in [-0.2, 0) is 0 Å². The monoisotopic (exact) mass is 247 g/mol. The quantitative estimate of drug-likeness (QED) is 0.771. The normalized spacial score (nSPS) is 15.3. The Bertz CT molecular complexity index is 457. The van der Waals surface area contributed by atoms with E-state index in [-0.39, 0.29) is 0 Å². The summed E-state index contributed by atoms with van der Waals surface area (Å²) in [5.74, 6) is 0. The molecule has 0 amide bonds. The second-order valence-corrected chi connectivity index (χ2v) is 5.53. The molecule has 1 fully saturated rings. The highest BCUT2D eigenvalue weighted by Crippen LogP contribution is 2.25. The predicted octanol–water partition coefficient (Wildman–Crippen LogP) is 2.85. The molecule has 1 heterocycles. The van der Waals surface area contributed by atoms with Crippen molar-refractivity contribution in [2.45, 2.75) is 25.3 Å². The average Bonchev–Trinajstić information content (AvgIpc) is 3.07. The second kappa shape index (κ2) is 5.02. The highest BCUT2D eigenvalue weighted by atomic mass is 32.1. The molecule has 0 radical (unpaired) electrons. The van der Waals surface area contributed by atoms with E-state index < -0.39 is 0 Å². The average molecular weight is 247 g/mol. The molecule has 3 nitrogen and oxygen atoms in total. The molecule has 3 rings (SSSR count). The SMILES string of the molecule is c1ccc2sc(NCCCNC3CC3)nc2c1. The molecule has 1 aromatic heterocycles. The Morgan fingerprint density at radius 1 is 1.24 bits per heavy atom. The summed E-state index contributed by atoms with van der Waals surface area (Å²) in [5.41, 5.74) is 1.09. The summed E-state index contributed by atoms with van der Waals surface area (Å²) in [6.45, 7) is 2.11. The third kappa shape index (κ3) is 2.96. The van der Waals surface area contributed by atoms with Crippen LogP contribution in [-0.4, -0.2) is 24.1 Å². The van der Waals surface area contributed by atoms with E-state index in [2.05, 4.69) is 33.8 Å². The lowest BCUT2D eigenvalue weighted by Crippen LogP contribution is -2.19. The van der Waals surface area contributed by atoms with Crippen molar-refractivity contribution in [3.8, 4) is 0 Å². The Labute approximate surface area is 105 Å². The Hall–Kier alpha value is -1.13. The number of rotatable bonds is 6. The molecule has 2 aromatic rings. The van der Waals surface area contributed by atoms with Crippen molar-refractivity contribution in [1.29, 1.82) is 0 Å². The summed E-state index contributed by atoms with van der Waals surface area (Å²) in [6, 6.07) is 9.09. The van der Waals surface area contributed by atoms with Gasteiger partial charge in [-0.2, -0.15) is 0 Å². The summed E-state index contributed by atoms with van der Waals surface area (Å²) in [6.07, 6.45) is 3.89. The Kier molecular flexibility index (Phi) is 3.25. The van der Waals surface area contributed by atoms with Gasteiger partial charge < -0.3 is 10.6 Å². The van der Waals surface area contributed by atoms with Crippen molar-refractivity contribution in [2.75, 3.05) is 18.4 Å². The van der Waals surface area contributed by atoms with Gasteiger partial charge in [0.1, 0.15) is 0 Å². The zero-order valence-corrected chi connectivity index (χ0v) is 10.6. The minimum atomic E-state index is 0.817. The molecule has 0 atom stereocenters. The number of hydrogen-bond acceptors (Lipinski definition) is 4. The van der Waals surface area contributed by atoms with Gasteiger partial charge in [-0.3, -0.25) is 0 Å². The van der Waals surface area contributed by atoms with Gasteiger partial charge in [0, 0.05) is 12.6 Å². The van der Waals surface area contributed by atoms with E-state index in [9.17, 15) is 0 Å². The van der Waals surface area contributed by atoms with Crippen molar-refractivity contribution in [1.82, 2.24) is 10.3 Å². The first-order valence-corrected chi connectivity index (χ1v) is 7.06. The van der Waals surface area contributed by atoms with E-state index in [0.29, 0.717) is 0 Å². The molecule has 0 aliphatic heterocycles. The van der Waals surface area contributed by atoms with Crippen LogP contribution in [0.3, 0.4) is 0 Å². The first kappa shape index (κ1) is 11.0. The van der Waals surface area contributed by atoms with Gasteiger partial charge in [0.05, 0.1) is 10.2 Å². The van der Waals surface area contributed by atoms with Gasteiger partial charge in [0.25, 0.3) is 0 Å². The fourth-order valence-electron chi connectivity index (χ4n) is 1.83. The fraction of sp³-hybridized carbons (Fsp3) is 0.462. The molecule has 90 valence electrons. The number of nitrogens with zero attached hydrogens (tertiary/aromatic N) is 1. The molecule has 1 aliphatic carbocycles. The highest BCUT2D eigenvalue weighted by molar-refractivity contribution is 7.22. The zero-order valence-electron chi connectivity index (χ0n) is 9.78. The topological polar surface area (TPSA) is 37.0 Å². The Morgan fingerprint density at radius 3 is 2.94 bits per heavy atom. The van der Waals surface area contributed by atoms with Crippen LogP contribution in [0.15, 0.2) is 24.3 Å². The molecule has 0 saturated heterocycles. The van der Waals surface area contributed by atoms with Crippen LogP contribution in [0, 0.1) is 0 Å². The molecule has 1 aromatic carbocycles. The number of anilines is 1. The highest BCUT2D eigenvalue weighted by Gasteiger charge is 2.19. The number of aromatic nitrogens is 1. The standard InChI is InChI=1S/C13H17N3S/c1-2-5-12-11(4-1)16-13(17-12)15-9-3-8-14-10-6-7-10/h1-2,4-5,10,14H,3,6-9H2,(H,15,16). The summed E-state index contributed by atoms with van der Waals surface area (Å²) in [5, 5.41) is 7.95. The van der Waals surface area contributed by atoms with E-state index in [1.165, 1.54) is 17.5 Å². The Morgan fingerprint density at radius 2 is 2.12 bits per heavy atom. The summed E-state index contributed by atoms with van der Waals surface area (Å²) < 4.78 is 1.26. The maximum Gasteiger partial charge on any atom is 0.183 e. The molecule has 4 heteroatoms. The van der Waals surface area contributed by atoms with E-state index >= 15 is 0 Å². The smallest absolute Gasteiger partial charge is 0.183 e. The van der Waals surface area contributed by atoms with Crippen LogP contribution >= 0.6 is 11.3 Å². The van der Waals surface area contributed by atoms with Gasteiger partial charge in [-0.1, -0.05) is 23.5 Å². The van der Waals surface area contributed by atoms with Crippen molar-refractivity contribution in [3.05, 3.63) is 24.3 Å². The molecular weight excluding hydrogens is 230 g/mol. The lowest BCUT2D eigenvalue weighted by Gasteiger charge is -2.03. The van der Waals surface area contributed by atoms with Crippen LogP contribution in [0.5, 0.6) is 0 Å². The largest absolute Gasteiger partial charge is 0.361 e. The van der Waals surface area contributed by atoms with Gasteiger partial charge in [0.2, 0.25) is 0 Å². The van der Waals surface area contributed by atoms with Crippen LogP contribution < -0.4 is 10.6 Å². The molecule has 0 spiro atoms. The fourth-order valence-corrected chi connectivity index (χ4v) is 2.72. The zero-order chi connectivity index (χ0) is 11.5. The van der Waals surface area contributed by atoms with Crippen molar-refractivity contribution in [3.63, 3.8) is 0 Å². The lowest BCUT2D eigenvalue weighted by atomic mass is 10.3. The van der Waals surface area contributed by atoms with Crippen LogP contribution in [0.25, 0.3) is 10.2 Å². The summed E-state index contributed by atoms with van der Waals surface area (Å²) in [7, 11) is 0. The number of para-hydroxylation sites is 1. The predicted molar refractivity (Wildman–Crippen MR) is 73.8 cm³/mol. The van der Waals surface area contributed by atoms with E-state index in [4.69, 9.17) is 0 Å². The number of hydrogen-bond donors (Lipinski definition) is 2. The lowest BCUT2D eigenvalue weighted by molar-refractivity contribution is 0.659. The van der Waals surface area contributed by atoms with Gasteiger partial charge >= 0.3 is 0 Å². The maximum atomic E-state index is 4.54. The number of nitrogens with one attached hydrogen (secondary N) is 2. The minimum Gasteiger partial charge on any atom is -0.361 e. The number of thiazole rings is 1. The molecular formula is C13H17N3S. The van der Waals surface area contributed by atoms with Crippen molar-refractivity contribution in [2.24, 2.45) is 0 Å². The summed E-state index contributed by atoms with van der Waals surface area (Å²) in [4.78, 5) is 4.54. The van der Waals surface area contributed by atoms with Crippen LogP contribution in [0.2, 0.25) is 0 Å². The molecule has 1 saturated carbocycles. The third-order valence-electron chi connectivity index (χ3n) is 2.93. The van der Waals surface area contributed by atoms with E-state index in [1.807, 2.05) is 6.07 Å². The van der Waals surface area contributed by atoms with Crippen LogP contribution in [0.4, 0.5) is 5.13 Å². The van der Waals surface area contributed by atoms with Gasteiger partial charge in [-0.15, -0.1) is 0 Å². The first-order chi connectivity index (χ1) is 8.42. The Balaban J connectivity index is 1.46. The molecule has 1 aliphatic rings. The third-order valence-corrected chi connectivity index (χ3v) is 3.93.